The number of nitrogens with zero attached hydrogens (tertiary/aromatic N) is 4. The number of aromatic nitrogens is 4. The molecule has 0 spiro atoms. The van der Waals surface area contributed by atoms with Crippen molar-refractivity contribution < 1.29 is 0 Å². The van der Waals surface area contributed by atoms with Crippen LogP contribution in [-0.2, 0) is 13.0 Å². The normalized spacial score (nSPS) is 12.6. The van der Waals surface area contributed by atoms with Crippen LogP contribution < -0.4 is 5.32 Å². The zero-order valence-electron chi connectivity index (χ0n) is 12.5. The molecule has 0 radical (unpaired) electrons. The van der Waals surface area contributed by atoms with Gasteiger partial charge in [-0.3, -0.25) is 9.67 Å². The Labute approximate surface area is 120 Å². The van der Waals surface area contributed by atoms with Crippen LogP contribution in [0.2, 0.25) is 0 Å². The van der Waals surface area contributed by atoms with Crippen LogP contribution in [0, 0.1) is 6.92 Å². The molecule has 20 heavy (non-hydrogen) atoms. The Morgan fingerprint density at radius 2 is 2.20 bits per heavy atom. The van der Waals surface area contributed by atoms with Crippen molar-refractivity contribution in [3.63, 3.8) is 0 Å². The van der Waals surface area contributed by atoms with Gasteiger partial charge in [0.25, 0.3) is 0 Å². The number of hydrogen-bond donors (Lipinski definition) is 1. The van der Waals surface area contributed by atoms with Crippen LogP contribution in [0.3, 0.4) is 0 Å². The first-order valence-electron chi connectivity index (χ1n) is 7.26. The highest BCUT2D eigenvalue weighted by Gasteiger charge is 2.16. The van der Waals surface area contributed by atoms with Gasteiger partial charge in [-0.05, 0) is 37.1 Å². The molecular weight excluding hydrogens is 250 g/mol. The van der Waals surface area contributed by atoms with Gasteiger partial charge in [0.05, 0.1) is 0 Å². The van der Waals surface area contributed by atoms with Gasteiger partial charge in [0, 0.05) is 31.4 Å². The molecule has 0 amide bonds. The first-order valence-corrected chi connectivity index (χ1v) is 7.26. The molecule has 2 heterocycles. The molecule has 1 atom stereocenters. The van der Waals surface area contributed by atoms with E-state index in [4.69, 9.17) is 0 Å². The Balaban J connectivity index is 2.21. The molecule has 5 heteroatoms. The van der Waals surface area contributed by atoms with E-state index in [1.54, 1.807) is 6.33 Å². The van der Waals surface area contributed by atoms with E-state index in [1.807, 2.05) is 17.1 Å². The fraction of sp³-hybridized carbons (Fsp3) is 0.533. The monoisotopic (exact) mass is 273 g/mol. The van der Waals surface area contributed by atoms with Crippen molar-refractivity contribution in [1.29, 1.82) is 0 Å². The highest BCUT2D eigenvalue weighted by Crippen LogP contribution is 2.20. The number of nitrogens with one attached hydrogen (secondary N) is 1. The van der Waals surface area contributed by atoms with Gasteiger partial charge < -0.3 is 5.32 Å². The molecule has 0 fully saturated rings. The topological polar surface area (TPSA) is 55.6 Å². The summed E-state index contributed by atoms with van der Waals surface area (Å²) in [6.07, 6.45) is 7.32. The third kappa shape index (κ3) is 3.42. The molecule has 0 aliphatic carbocycles. The molecule has 1 unspecified atom stereocenters. The van der Waals surface area contributed by atoms with Crippen molar-refractivity contribution >= 4 is 0 Å². The lowest BCUT2D eigenvalue weighted by Crippen LogP contribution is -2.25. The molecule has 1 N–H and O–H groups in total. The van der Waals surface area contributed by atoms with Crippen LogP contribution in [0.5, 0.6) is 0 Å². The first kappa shape index (κ1) is 14.7. The second-order valence-corrected chi connectivity index (χ2v) is 4.95. The lowest BCUT2D eigenvalue weighted by atomic mass is 10.0. The summed E-state index contributed by atoms with van der Waals surface area (Å²) in [6, 6.07) is 2.34. The molecule has 0 saturated heterocycles. The molecule has 2 aromatic rings. The van der Waals surface area contributed by atoms with Crippen molar-refractivity contribution in [2.75, 3.05) is 6.54 Å². The Morgan fingerprint density at radius 1 is 1.35 bits per heavy atom. The third-order valence-electron chi connectivity index (χ3n) is 3.41. The van der Waals surface area contributed by atoms with Crippen LogP contribution >= 0.6 is 0 Å². The maximum atomic E-state index is 4.41. The summed E-state index contributed by atoms with van der Waals surface area (Å²) in [5.74, 6) is 1.04. The van der Waals surface area contributed by atoms with Crippen molar-refractivity contribution in [2.24, 2.45) is 0 Å². The maximum Gasteiger partial charge on any atom is 0.138 e. The van der Waals surface area contributed by atoms with E-state index in [0.29, 0.717) is 0 Å². The molecule has 0 aliphatic heterocycles. The summed E-state index contributed by atoms with van der Waals surface area (Å²) in [6.45, 7) is 8.22. The molecular formula is C15H23N5. The van der Waals surface area contributed by atoms with Crippen LogP contribution in [0.25, 0.3) is 0 Å². The minimum absolute atomic E-state index is 0.253. The molecule has 5 nitrogen and oxygen atoms in total. The standard InChI is InChI=1S/C15H23N5/c1-4-8-20-15(18-11-19-20)9-14(17-5-2)13-6-7-16-10-12(13)3/h6-7,10-11,14,17H,4-5,8-9H2,1-3H3. The van der Waals surface area contributed by atoms with Gasteiger partial charge in [0.15, 0.2) is 0 Å². The van der Waals surface area contributed by atoms with E-state index in [1.165, 1.54) is 11.1 Å². The predicted molar refractivity (Wildman–Crippen MR) is 79.4 cm³/mol. The molecule has 2 aromatic heterocycles. The van der Waals surface area contributed by atoms with Gasteiger partial charge in [-0.25, -0.2) is 4.98 Å². The molecule has 0 aliphatic rings. The number of pyridine rings is 1. The van der Waals surface area contributed by atoms with Gasteiger partial charge in [-0.2, -0.15) is 5.10 Å². The minimum Gasteiger partial charge on any atom is -0.310 e. The average molecular weight is 273 g/mol. The minimum atomic E-state index is 0.253. The van der Waals surface area contributed by atoms with Crippen molar-refractivity contribution in [3.05, 3.63) is 41.7 Å². The van der Waals surface area contributed by atoms with E-state index in [-0.39, 0.29) is 6.04 Å². The fourth-order valence-electron chi connectivity index (χ4n) is 2.44. The molecule has 0 bridgehead atoms. The van der Waals surface area contributed by atoms with Gasteiger partial charge >= 0.3 is 0 Å². The van der Waals surface area contributed by atoms with Gasteiger partial charge in [-0.1, -0.05) is 13.8 Å². The number of likely N-dealkylation sites (N-methyl/N-ethyl adjacent to an activating group) is 1. The van der Waals surface area contributed by atoms with E-state index >= 15 is 0 Å². The maximum absolute atomic E-state index is 4.41. The predicted octanol–water partition coefficient (Wildman–Crippen LogP) is 2.28. The summed E-state index contributed by atoms with van der Waals surface area (Å²) < 4.78 is 2.00. The molecule has 0 aromatic carbocycles. The molecule has 2 rings (SSSR count). The highest BCUT2D eigenvalue weighted by atomic mass is 15.3. The van der Waals surface area contributed by atoms with Gasteiger partial charge in [-0.15, -0.1) is 0 Å². The van der Waals surface area contributed by atoms with E-state index < -0.39 is 0 Å². The zero-order valence-corrected chi connectivity index (χ0v) is 12.5. The summed E-state index contributed by atoms with van der Waals surface area (Å²) >= 11 is 0. The molecule has 0 saturated carbocycles. The van der Waals surface area contributed by atoms with Gasteiger partial charge in [0.1, 0.15) is 12.2 Å². The zero-order chi connectivity index (χ0) is 14.4. The number of hydrogen-bond acceptors (Lipinski definition) is 4. The summed E-state index contributed by atoms with van der Waals surface area (Å²) in [4.78, 5) is 8.58. The van der Waals surface area contributed by atoms with E-state index in [9.17, 15) is 0 Å². The summed E-state index contributed by atoms with van der Waals surface area (Å²) in [7, 11) is 0. The van der Waals surface area contributed by atoms with Crippen LogP contribution in [0.1, 0.15) is 43.3 Å². The van der Waals surface area contributed by atoms with E-state index in [0.717, 1.165) is 31.8 Å². The summed E-state index contributed by atoms with van der Waals surface area (Å²) in [5.41, 5.74) is 2.49. The summed E-state index contributed by atoms with van der Waals surface area (Å²) in [5, 5.41) is 7.84. The second kappa shape index (κ2) is 7.14. The van der Waals surface area contributed by atoms with Crippen LogP contribution in [0.4, 0.5) is 0 Å². The highest BCUT2D eigenvalue weighted by molar-refractivity contribution is 5.26. The Morgan fingerprint density at radius 3 is 2.90 bits per heavy atom. The number of aryl methyl sites for hydroxylation is 2. The quantitative estimate of drug-likeness (QED) is 0.841. The third-order valence-corrected chi connectivity index (χ3v) is 3.41. The van der Waals surface area contributed by atoms with Crippen LogP contribution in [-0.4, -0.2) is 26.3 Å². The van der Waals surface area contributed by atoms with Crippen molar-refractivity contribution in [3.8, 4) is 0 Å². The lowest BCUT2D eigenvalue weighted by Gasteiger charge is -2.20. The lowest BCUT2D eigenvalue weighted by molar-refractivity contribution is 0.497. The largest absolute Gasteiger partial charge is 0.310 e. The smallest absolute Gasteiger partial charge is 0.138 e. The molecule has 108 valence electrons. The SMILES string of the molecule is CCCn1ncnc1CC(NCC)c1ccncc1C. The second-order valence-electron chi connectivity index (χ2n) is 4.95. The Bertz CT molecular complexity index is 535. The van der Waals surface area contributed by atoms with Crippen molar-refractivity contribution in [1.82, 2.24) is 25.1 Å². The van der Waals surface area contributed by atoms with Gasteiger partial charge in [0.2, 0.25) is 0 Å². The average Bonchev–Trinajstić information content (AvgIpc) is 2.87. The number of rotatable bonds is 7. The first-order chi connectivity index (χ1) is 9.76. The van der Waals surface area contributed by atoms with E-state index in [2.05, 4.69) is 47.2 Å². The Kier molecular flexibility index (Phi) is 5.24. The fourth-order valence-corrected chi connectivity index (χ4v) is 2.44. The van der Waals surface area contributed by atoms with Crippen molar-refractivity contribution in [2.45, 2.75) is 46.2 Å². The Hall–Kier alpha value is -1.75. The van der Waals surface area contributed by atoms with Crippen LogP contribution in [0.15, 0.2) is 24.8 Å².